The maximum atomic E-state index is 13.4. The molecule has 2 aliphatic heterocycles. The Bertz CT molecular complexity index is 1150. The molecule has 3 aromatic carbocycles. The number of hydroxylamine groups is 1. The van der Waals surface area contributed by atoms with Crippen LogP contribution in [-0.4, -0.2) is 22.8 Å². The van der Waals surface area contributed by atoms with Gasteiger partial charge in [0.2, 0.25) is 5.91 Å². The van der Waals surface area contributed by atoms with Crippen LogP contribution in [0.3, 0.4) is 0 Å². The first-order valence-corrected chi connectivity index (χ1v) is 9.74. The number of carbonyl (C=O) groups is 2. The van der Waals surface area contributed by atoms with Crippen molar-refractivity contribution in [3.05, 3.63) is 101 Å². The van der Waals surface area contributed by atoms with Crippen LogP contribution in [0.15, 0.2) is 84.9 Å². The average Bonchev–Trinajstić information content (AvgIpc) is 3.31. The number of nitrogens with zero attached hydrogens (tertiary/aromatic N) is 3. The normalized spacial score (nSPS) is 22.6. The van der Waals surface area contributed by atoms with E-state index in [2.05, 4.69) is 0 Å². The van der Waals surface area contributed by atoms with Crippen molar-refractivity contribution in [1.82, 2.24) is 0 Å². The maximum Gasteiger partial charge on any atom is 0.269 e. The van der Waals surface area contributed by atoms with Gasteiger partial charge in [0.1, 0.15) is 5.92 Å². The molecule has 0 saturated carbocycles. The third-order valence-corrected chi connectivity index (χ3v) is 5.59. The first kappa shape index (κ1) is 19.0. The van der Waals surface area contributed by atoms with Crippen molar-refractivity contribution in [2.75, 3.05) is 9.96 Å². The van der Waals surface area contributed by atoms with Gasteiger partial charge in [-0.15, -0.1) is 0 Å². The molecule has 8 heteroatoms. The fourth-order valence-electron chi connectivity index (χ4n) is 4.18. The molecule has 2 fully saturated rings. The highest BCUT2D eigenvalue weighted by atomic mass is 16.7. The van der Waals surface area contributed by atoms with E-state index in [1.54, 1.807) is 41.5 Å². The van der Waals surface area contributed by atoms with Crippen molar-refractivity contribution < 1.29 is 19.3 Å². The molecule has 0 aromatic heterocycles. The number of fused-ring (bicyclic) bond motifs is 1. The van der Waals surface area contributed by atoms with Crippen molar-refractivity contribution in [3.63, 3.8) is 0 Å². The zero-order valence-corrected chi connectivity index (χ0v) is 16.2. The van der Waals surface area contributed by atoms with E-state index >= 15 is 0 Å². The van der Waals surface area contributed by atoms with Crippen LogP contribution in [0.1, 0.15) is 11.6 Å². The van der Waals surface area contributed by atoms with E-state index in [1.165, 1.54) is 12.1 Å². The van der Waals surface area contributed by atoms with Crippen molar-refractivity contribution in [1.29, 1.82) is 0 Å². The highest BCUT2D eigenvalue weighted by Crippen LogP contribution is 2.47. The van der Waals surface area contributed by atoms with Crippen LogP contribution in [0.5, 0.6) is 0 Å². The largest absolute Gasteiger partial charge is 0.273 e. The third kappa shape index (κ3) is 3.04. The molecular weight excluding hydrogens is 398 g/mol. The van der Waals surface area contributed by atoms with Crippen LogP contribution < -0.4 is 9.96 Å². The average molecular weight is 415 g/mol. The lowest BCUT2D eigenvalue weighted by Gasteiger charge is -2.28. The monoisotopic (exact) mass is 415 g/mol. The Kier molecular flexibility index (Phi) is 4.48. The lowest BCUT2D eigenvalue weighted by molar-refractivity contribution is -0.384. The van der Waals surface area contributed by atoms with Crippen LogP contribution in [0.4, 0.5) is 17.1 Å². The molecule has 2 heterocycles. The Morgan fingerprint density at radius 3 is 1.94 bits per heavy atom. The summed E-state index contributed by atoms with van der Waals surface area (Å²) >= 11 is 0. The quantitative estimate of drug-likeness (QED) is 0.367. The summed E-state index contributed by atoms with van der Waals surface area (Å²) < 4.78 is 0. The van der Waals surface area contributed by atoms with E-state index in [9.17, 15) is 19.7 Å². The summed E-state index contributed by atoms with van der Waals surface area (Å²) in [7, 11) is 0. The summed E-state index contributed by atoms with van der Waals surface area (Å²) in [4.78, 5) is 44.4. The Morgan fingerprint density at radius 1 is 0.774 bits per heavy atom. The van der Waals surface area contributed by atoms with Crippen molar-refractivity contribution in [3.8, 4) is 0 Å². The second-order valence-electron chi connectivity index (χ2n) is 7.35. The third-order valence-electron chi connectivity index (χ3n) is 5.59. The molecule has 5 rings (SSSR count). The standard InChI is InChI=1S/C23H17N3O5/c27-22-19-20(15-11-13-18(14-12-15)26(29)30)25(17-9-5-2-6-10-17)31-21(19)23(28)24(22)16-7-3-1-4-8-16/h1-14,19-21H/t19-,20+,21-/m1/s1. The Balaban J connectivity index is 1.58. The highest BCUT2D eigenvalue weighted by molar-refractivity contribution is 6.23. The summed E-state index contributed by atoms with van der Waals surface area (Å²) in [6, 6.07) is 23.3. The molecule has 31 heavy (non-hydrogen) atoms. The second kappa shape index (κ2) is 7.33. The van der Waals surface area contributed by atoms with E-state index in [0.29, 0.717) is 16.9 Å². The second-order valence-corrected chi connectivity index (χ2v) is 7.35. The smallest absolute Gasteiger partial charge is 0.269 e. The molecule has 0 radical (unpaired) electrons. The Labute approximate surface area is 177 Å². The maximum absolute atomic E-state index is 13.4. The van der Waals surface area contributed by atoms with Crippen LogP contribution in [0.2, 0.25) is 0 Å². The minimum Gasteiger partial charge on any atom is -0.273 e. The molecule has 0 spiro atoms. The van der Waals surface area contributed by atoms with E-state index in [1.807, 2.05) is 36.4 Å². The van der Waals surface area contributed by atoms with Crippen LogP contribution in [-0.2, 0) is 14.4 Å². The summed E-state index contributed by atoms with van der Waals surface area (Å²) in [6.45, 7) is 0. The topological polar surface area (TPSA) is 93.0 Å². The van der Waals surface area contributed by atoms with Crippen molar-refractivity contribution >= 4 is 28.9 Å². The number of amides is 2. The zero-order chi connectivity index (χ0) is 21.5. The number of anilines is 2. The molecule has 3 aromatic rings. The molecular formula is C23H17N3O5. The van der Waals surface area contributed by atoms with E-state index in [-0.39, 0.29) is 11.6 Å². The molecule has 8 nitrogen and oxygen atoms in total. The molecule has 0 aliphatic carbocycles. The number of nitro groups is 1. The number of hydrogen-bond acceptors (Lipinski definition) is 6. The molecule has 2 aliphatic rings. The van der Waals surface area contributed by atoms with Gasteiger partial charge in [-0.3, -0.25) is 24.5 Å². The van der Waals surface area contributed by atoms with Gasteiger partial charge in [-0.2, -0.15) is 0 Å². The predicted octanol–water partition coefficient (Wildman–Crippen LogP) is 3.65. The number of para-hydroxylation sites is 2. The molecule has 0 bridgehead atoms. The van der Waals surface area contributed by atoms with Crippen LogP contribution >= 0.6 is 0 Å². The Morgan fingerprint density at radius 2 is 1.35 bits per heavy atom. The summed E-state index contributed by atoms with van der Waals surface area (Å²) in [5.41, 5.74) is 1.78. The number of imide groups is 1. The van der Waals surface area contributed by atoms with E-state index in [4.69, 9.17) is 4.84 Å². The van der Waals surface area contributed by atoms with Gasteiger partial charge in [0.05, 0.1) is 22.3 Å². The van der Waals surface area contributed by atoms with Gasteiger partial charge in [0.25, 0.3) is 11.6 Å². The molecule has 2 amide bonds. The van der Waals surface area contributed by atoms with Gasteiger partial charge in [0, 0.05) is 12.1 Å². The first-order valence-electron chi connectivity index (χ1n) is 9.74. The fraction of sp³-hybridized carbons (Fsp3) is 0.130. The predicted molar refractivity (Wildman–Crippen MR) is 112 cm³/mol. The van der Waals surface area contributed by atoms with Gasteiger partial charge in [0.15, 0.2) is 6.10 Å². The van der Waals surface area contributed by atoms with Crippen LogP contribution in [0, 0.1) is 16.0 Å². The number of non-ortho nitro benzene ring substituents is 1. The lowest BCUT2D eigenvalue weighted by Crippen LogP contribution is -2.37. The summed E-state index contributed by atoms with van der Waals surface area (Å²) in [5, 5.41) is 12.6. The summed E-state index contributed by atoms with van der Waals surface area (Å²) in [6.07, 6.45) is -0.979. The number of nitro benzene ring substituents is 1. The lowest BCUT2D eigenvalue weighted by atomic mass is 9.90. The SMILES string of the molecule is O=C1[C@H]2[C@@H](ON(c3ccccc3)[C@H]2c2ccc([N+](=O)[O-])cc2)C(=O)N1c1ccccc1. The number of benzene rings is 3. The van der Waals surface area contributed by atoms with Crippen LogP contribution in [0.25, 0.3) is 0 Å². The number of rotatable bonds is 4. The number of carbonyl (C=O) groups excluding carboxylic acids is 2. The molecule has 3 atom stereocenters. The molecule has 154 valence electrons. The van der Waals surface area contributed by atoms with Gasteiger partial charge in [-0.25, -0.2) is 9.96 Å². The highest BCUT2D eigenvalue weighted by Gasteiger charge is 2.60. The van der Waals surface area contributed by atoms with E-state index in [0.717, 1.165) is 4.90 Å². The van der Waals surface area contributed by atoms with Gasteiger partial charge < -0.3 is 0 Å². The molecule has 2 saturated heterocycles. The fourth-order valence-corrected chi connectivity index (χ4v) is 4.18. The minimum absolute atomic E-state index is 0.0507. The Hall–Kier alpha value is -4.04. The summed E-state index contributed by atoms with van der Waals surface area (Å²) in [5.74, 6) is -1.57. The minimum atomic E-state index is -0.979. The number of hydrogen-bond donors (Lipinski definition) is 0. The van der Waals surface area contributed by atoms with E-state index < -0.39 is 28.9 Å². The zero-order valence-electron chi connectivity index (χ0n) is 16.2. The first-order chi connectivity index (χ1) is 15.1. The molecule has 0 N–H and O–H groups in total. The van der Waals surface area contributed by atoms with Crippen molar-refractivity contribution in [2.24, 2.45) is 5.92 Å². The molecule has 0 unspecified atom stereocenters. The van der Waals surface area contributed by atoms with Crippen molar-refractivity contribution in [2.45, 2.75) is 12.1 Å². The van der Waals surface area contributed by atoms with Gasteiger partial charge in [-0.05, 0) is 29.8 Å². The van der Waals surface area contributed by atoms with Gasteiger partial charge in [-0.1, -0.05) is 48.5 Å². The van der Waals surface area contributed by atoms with Gasteiger partial charge >= 0.3 is 0 Å².